The standard InChI is InChI=1S/C8H10N2O5S.CH4.Cl2O2S/c1-16(13,14)15-6-4-7-3-2-5-9-8(7)10(11)12;;1-5(2,3)4/h2-3,5H,4,6H2,1H3;1H4;. The Morgan fingerprint density at radius 2 is 1.82 bits per heavy atom. The van der Waals surface area contributed by atoms with Crippen molar-refractivity contribution in [1.29, 1.82) is 0 Å². The summed E-state index contributed by atoms with van der Waals surface area (Å²) in [5, 5.41) is 10.6. The molecule has 128 valence electrons. The molecule has 0 aliphatic heterocycles. The Morgan fingerprint density at radius 3 is 2.23 bits per heavy atom. The second-order valence-electron chi connectivity index (χ2n) is 3.40. The average molecular weight is 397 g/mol. The topological polar surface area (TPSA) is 134 Å². The van der Waals surface area contributed by atoms with Crippen LogP contribution in [0.2, 0.25) is 0 Å². The summed E-state index contributed by atoms with van der Waals surface area (Å²) >= 11 is 0. The van der Waals surface area contributed by atoms with Crippen molar-refractivity contribution in [2.45, 2.75) is 13.8 Å². The van der Waals surface area contributed by atoms with Crippen LogP contribution in [0, 0.1) is 10.1 Å². The highest BCUT2D eigenvalue weighted by atomic mass is 36.0. The maximum Gasteiger partial charge on any atom is 0.366 e. The molecule has 22 heavy (non-hydrogen) atoms. The van der Waals surface area contributed by atoms with Crippen molar-refractivity contribution >= 4 is 45.6 Å². The molecule has 0 bridgehead atoms. The van der Waals surface area contributed by atoms with Crippen LogP contribution in [0.1, 0.15) is 13.0 Å². The molecule has 0 saturated carbocycles. The highest BCUT2D eigenvalue weighted by Gasteiger charge is 2.14. The molecule has 0 aliphatic rings. The number of aromatic nitrogens is 1. The van der Waals surface area contributed by atoms with Gasteiger partial charge in [-0.1, -0.05) is 7.43 Å². The lowest BCUT2D eigenvalue weighted by Crippen LogP contribution is -2.07. The van der Waals surface area contributed by atoms with E-state index in [4.69, 9.17) is 8.42 Å². The van der Waals surface area contributed by atoms with Gasteiger partial charge in [-0.3, -0.25) is 4.18 Å². The summed E-state index contributed by atoms with van der Waals surface area (Å²) in [7, 11) is 1.30. The smallest absolute Gasteiger partial charge is 0.358 e. The van der Waals surface area contributed by atoms with Gasteiger partial charge in [-0.05, 0) is 22.0 Å². The average Bonchev–Trinajstić information content (AvgIpc) is 2.25. The zero-order valence-corrected chi connectivity index (χ0v) is 13.6. The van der Waals surface area contributed by atoms with Crippen LogP contribution in [0.3, 0.4) is 0 Å². The van der Waals surface area contributed by atoms with Gasteiger partial charge in [-0.15, -0.1) is 0 Å². The summed E-state index contributed by atoms with van der Waals surface area (Å²) in [6.45, 7) is -0.134. The molecule has 1 rings (SSSR count). The van der Waals surface area contributed by atoms with Crippen LogP contribution in [-0.4, -0.2) is 39.6 Å². The Labute approximate surface area is 137 Å². The number of hydrogen-bond acceptors (Lipinski definition) is 8. The van der Waals surface area contributed by atoms with Gasteiger partial charge in [-0.2, -0.15) is 16.8 Å². The summed E-state index contributed by atoms with van der Waals surface area (Å²) in [5.41, 5.74) is 0.344. The van der Waals surface area contributed by atoms with Gasteiger partial charge < -0.3 is 10.1 Å². The third kappa shape index (κ3) is 13.9. The van der Waals surface area contributed by atoms with E-state index in [-0.39, 0.29) is 26.3 Å². The van der Waals surface area contributed by atoms with Gasteiger partial charge in [0, 0.05) is 27.8 Å². The quantitative estimate of drug-likeness (QED) is 0.318. The molecule has 9 nitrogen and oxygen atoms in total. The van der Waals surface area contributed by atoms with Crippen LogP contribution in [0.4, 0.5) is 5.82 Å². The van der Waals surface area contributed by atoms with Crippen molar-refractivity contribution in [2.24, 2.45) is 0 Å². The third-order valence-corrected chi connectivity index (χ3v) is 2.30. The molecule has 0 saturated heterocycles. The summed E-state index contributed by atoms with van der Waals surface area (Å²) in [4.78, 5) is 13.5. The molecule has 0 unspecified atom stereocenters. The zero-order chi connectivity index (χ0) is 16.7. The number of pyridine rings is 1. The molecule has 1 aromatic rings. The second-order valence-corrected chi connectivity index (χ2v) is 8.71. The van der Waals surface area contributed by atoms with E-state index in [9.17, 15) is 18.5 Å². The Balaban J connectivity index is 0. The highest BCUT2D eigenvalue weighted by molar-refractivity contribution is 8.31. The van der Waals surface area contributed by atoms with Crippen LogP contribution in [-0.2, 0) is 29.0 Å². The number of nitro groups is 1. The zero-order valence-electron chi connectivity index (χ0n) is 10.5. The van der Waals surface area contributed by atoms with Gasteiger partial charge in [-0.25, -0.2) is 0 Å². The Hall–Kier alpha value is -1.01. The van der Waals surface area contributed by atoms with Crippen LogP contribution < -0.4 is 0 Å². The molecule has 0 amide bonds. The summed E-state index contributed by atoms with van der Waals surface area (Å²) in [6.07, 6.45) is 2.35. The molecular formula is C9H14Cl2N2O7S2. The van der Waals surface area contributed by atoms with Gasteiger partial charge in [0.15, 0.2) is 0 Å². The lowest BCUT2D eigenvalue weighted by Gasteiger charge is -2.02. The number of hydrogen-bond donors (Lipinski definition) is 0. The van der Waals surface area contributed by atoms with E-state index < -0.39 is 23.3 Å². The minimum absolute atomic E-state index is 0. The lowest BCUT2D eigenvalue weighted by molar-refractivity contribution is -0.390. The first-order chi connectivity index (χ1) is 9.40. The fourth-order valence-corrected chi connectivity index (χ4v) is 1.48. The van der Waals surface area contributed by atoms with E-state index in [2.05, 4.69) is 30.5 Å². The first kappa shape index (κ1) is 23.3. The minimum atomic E-state index is -3.72. The monoisotopic (exact) mass is 396 g/mol. The largest absolute Gasteiger partial charge is 0.366 e. The maximum atomic E-state index is 10.7. The van der Waals surface area contributed by atoms with Gasteiger partial charge in [0.25, 0.3) is 10.1 Å². The van der Waals surface area contributed by atoms with Gasteiger partial charge in [0.05, 0.1) is 18.4 Å². The predicted octanol–water partition coefficient (Wildman–Crippen LogP) is 1.85. The normalized spacial score (nSPS) is 10.9. The molecule has 0 fully saturated rings. The predicted molar refractivity (Wildman–Crippen MR) is 82.7 cm³/mol. The summed E-state index contributed by atoms with van der Waals surface area (Å²) < 4.78 is 44.2. The minimum Gasteiger partial charge on any atom is -0.358 e. The summed E-state index contributed by atoms with van der Waals surface area (Å²) in [6, 6.07) is 3.06. The van der Waals surface area contributed by atoms with Crippen LogP contribution in [0.5, 0.6) is 0 Å². The van der Waals surface area contributed by atoms with E-state index in [0.29, 0.717) is 5.56 Å². The fraction of sp³-hybridized carbons (Fsp3) is 0.444. The van der Waals surface area contributed by atoms with Crippen molar-refractivity contribution in [1.82, 2.24) is 4.98 Å². The molecule has 0 atom stereocenters. The lowest BCUT2D eigenvalue weighted by atomic mass is 10.2. The van der Waals surface area contributed by atoms with Gasteiger partial charge in [0.2, 0.25) is 0 Å². The van der Waals surface area contributed by atoms with E-state index in [1.54, 1.807) is 6.07 Å². The molecule has 1 heterocycles. The number of rotatable bonds is 5. The van der Waals surface area contributed by atoms with Gasteiger partial charge >= 0.3 is 14.1 Å². The Morgan fingerprint density at radius 1 is 1.32 bits per heavy atom. The van der Waals surface area contributed by atoms with E-state index in [1.807, 2.05) is 0 Å². The van der Waals surface area contributed by atoms with E-state index in [0.717, 1.165) is 6.26 Å². The Bertz CT molecular complexity index is 684. The van der Waals surface area contributed by atoms with Crippen LogP contribution in [0.15, 0.2) is 18.3 Å². The van der Waals surface area contributed by atoms with Crippen molar-refractivity contribution in [3.63, 3.8) is 0 Å². The highest BCUT2D eigenvalue weighted by Crippen LogP contribution is 2.14. The summed E-state index contributed by atoms with van der Waals surface area (Å²) in [5.74, 6) is -0.278. The third-order valence-electron chi connectivity index (χ3n) is 1.71. The molecule has 0 aliphatic carbocycles. The van der Waals surface area contributed by atoms with Crippen molar-refractivity contribution in [3.8, 4) is 0 Å². The molecule has 0 N–H and O–H groups in total. The molecule has 0 radical (unpaired) electrons. The van der Waals surface area contributed by atoms with Crippen molar-refractivity contribution in [2.75, 3.05) is 12.9 Å². The first-order valence-corrected chi connectivity index (χ1v) is 9.92. The van der Waals surface area contributed by atoms with E-state index >= 15 is 0 Å². The molecule has 0 spiro atoms. The number of halogens is 2. The van der Waals surface area contributed by atoms with Crippen LogP contribution >= 0.6 is 21.4 Å². The van der Waals surface area contributed by atoms with Crippen LogP contribution in [0.25, 0.3) is 0 Å². The molecule has 1 aromatic heterocycles. The SMILES string of the molecule is C.CS(=O)(=O)OCCc1cccnc1[N+](=O)[O-].O=S(=O)(Cl)Cl. The second kappa shape index (κ2) is 9.90. The maximum absolute atomic E-state index is 10.7. The van der Waals surface area contributed by atoms with Crippen molar-refractivity contribution < 1.29 is 25.9 Å². The fourth-order valence-electron chi connectivity index (χ4n) is 1.09. The van der Waals surface area contributed by atoms with Gasteiger partial charge in [0.1, 0.15) is 6.20 Å². The Kier molecular flexibility index (Phi) is 10.5. The first-order valence-electron chi connectivity index (χ1n) is 4.97. The molecule has 0 aromatic carbocycles. The molecular weight excluding hydrogens is 383 g/mol. The van der Waals surface area contributed by atoms with E-state index in [1.165, 1.54) is 12.3 Å². The number of nitrogens with zero attached hydrogens (tertiary/aromatic N) is 2. The van der Waals surface area contributed by atoms with Crippen molar-refractivity contribution in [3.05, 3.63) is 34.0 Å². The molecule has 13 heteroatoms.